The molecule has 0 aromatic heterocycles. The van der Waals surface area contributed by atoms with Crippen molar-refractivity contribution in [3.63, 3.8) is 0 Å². The van der Waals surface area contributed by atoms with Gasteiger partial charge in [-0.25, -0.2) is 0 Å². The molecule has 0 radical (unpaired) electrons. The molecule has 0 N–H and O–H groups in total. The summed E-state index contributed by atoms with van der Waals surface area (Å²) >= 11 is 0. The number of para-hydroxylation sites is 1. The maximum absolute atomic E-state index is 12.1. The van der Waals surface area contributed by atoms with Gasteiger partial charge in [-0.1, -0.05) is 51.7 Å². The quantitative estimate of drug-likeness (QED) is 0.535. The van der Waals surface area contributed by atoms with E-state index in [1.165, 1.54) is 32.1 Å². The van der Waals surface area contributed by atoms with Crippen molar-refractivity contribution >= 4 is 5.78 Å². The summed E-state index contributed by atoms with van der Waals surface area (Å²) in [5.74, 6) is 0.573. The highest BCUT2D eigenvalue weighted by molar-refractivity contribution is 6.03. The molecule has 0 bridgehead atoms. The molecule has 1 aromatic carbocycles. The van der Waals surface area contributed by atoms with Crippen molar-refractivity contribution < 1.29 is 14.3 Å². The Morgan fingerprint density at radius 2 is 1.79 bits per heavy atom. The smallest absolute Gasteiger partial charge is 0.264 e. The van der Waals surface area contributed by atoms with Crippen LogP contribution in [-0.2, 0) is 4.74 Å². The van der Waals surface area contributed by atoms with E-state index in [0.29, 0.717) is 17.9 Å². The Bertz CT molecular complexity index is 503. The number of benzene rings is 1. The maximum Gasteiger partial charge on any atom is 0.264 e. The number of Topliss-reactive ketones (excluding diaryl/α,β-unsaturated/α-hetero) is 1. The van der Waals surface area contributed by atoms with E-state index in [4.69, 9.17) is 9.47 Å². The molecule has 1 aliphatic rings. The Hall–Kier alpha value is -1.39. The Balaban J connectivity index is 1.60. The van der Waals surface area contributed by atoms with Crippen molar-refractivity contribution in [1.82, 2.24) is 4.90 Å². The van der Waals surface area contributed by atoms with Crippen LogP contribution in [0.2, 0.25) is 0 Å². The van der Waals surface area contributed by atoms with Crippen molar-refractivity contribution in [2.24, 2.45) is 0 Å². The van der Waals surface area contributed by atoms with Gasteiger partial charge in [-0.05, 0) is 38.1 Å². The summed E-state index contributed by atoms with van der Waals surface area (Å²) in [6, 6.07) is 7.32. The van der Waals surface area contributed by atoms with Crippen LogP contribution in [0.5, 0.6) is 5.75 Å². The largest absolute Gasteiger partial charge is 0.456 e. The molecule has 1 unspecified atom stereocenters. The van der Waals surface area contributed by atoms with E-state index in [9.17, 15) is 4.79 Å². The second-order valence-corrected chi connectivity index (χ2v) is 6.38. The van der Waals surface area contributed by atoms with E-state index in [2.05, 4.69) is 18.7 Å². The number of hydrogen-bond donors (Lipinski definition) is 0. The predicted octanol–water partition coefficient (Wildman–Crippen LogP) is 4.29. The lowest BCUT2D eigenvalue weighted by molar-refractivity contribution is -0.0491. The molecule has 0 saturated carbocycles. The van der Waals surface area contributed by atoms with Crippen LogP contribution in [0.15, 0.2) is 24.3 Å². The third kappa shape index (κ3) is 5.60. The Morgan fingerprint density at radius 3 is 2.54 bits per heavy atom. The molecule has 0 amide bonds. The van der Waals surface area contributed by atoms with Crippen LogP contribution in [0.3, 0.4) is 0 Å². The fourth-order valence-electron chi connectivity index (χ4n) is 3.02. The highest BCUT2D eigenvalue weighted by Crippen LogP contribution is 2.28. The van der Waals surface area contributed by atoms with Crippen LogP contribution in [-0.4, -0.2) is 43.2 Å². The van der Waals surface area contributed by atoms with E-state index in [1.807, 2.05) is 18.2 Å². The van der Waals surface area contributed by atoms with E-state index in [0.717, 1.165) is 26.1 Å². The monoisotopic (exact) mass is 333 g/mol. The Morgan fingerprint density at radius 1 is 1.04 bits per heavy atom. The molecular formula is C20H31NO3. The standard InChI is InChI=1S/C20H31NO3/c1-3-5-6-7-10-14-21(4-2)15-11-16-23-20-19(22)17-12-8-9-13-18(17)24-20/h8-9,12-13,20H,3-7,10-11,14-16H2,1-2H3. The van der Waals surface area contributed by atoms with Gasteiger partial charge >= 0.3 is 0 Å². The van der Waals surface area contributed by atoms with Gasteiger partial charge in [-0.3, -0.25) is 4.79 Å². The number of ketones is 1. The number of rotatable bonds is 12. The minimum Gasteiger partial charge on any atom is -0.456 e. The molecule has 4 nitrogen and oxygen atoms in total. The zero-order chi connectivity index (χ0) is 17.2. The molecule has 2 rings (SSSR count). The third-order valence-electron chi connectivity index (χ3n) is 4.51. The van der Waals surface area contributed by atoms with E-state index in [-0.39, 0.29) is 5.78 Å². The molecule has 4 heteroatoms. The summed E-state index contributed by atoms with van der Waals surface area (Å²) in [4.78, 5) is 14.6. The molecule has 0 aliphatic carbocycles. The SMILES string of the molecule is CCCCCCCN(CC)CCCOC1Oc2ccccc2C1=O. The van der Waals surface area contributed by atoms with Crippen molar-refractivity contribution in [3.05, 3.63) is 29.8 Å². The summed E-state index contributed by atoms with van der Waals surface area (Å²) in [6.45, 7) is 8.24. The molecule has 24 heavy (non-hydrogen) atoms. The summed E-state index contributed by atoms with van der Waals surface area (Å²) in [6.07, 6.45) is 6.74. The second-order valence-electron chi connectivity index (χ2n) is 6.38. The molecule has 134 valence electrons. The molecule has 1 atom stereocenters. The van der Waals surface area contributed by atoms with Crippen molar-refractivity contribution in [3.8, 4) is 5.75 Å². The van der Waals surface area contributed by atoms with Gasteiger partial charge in [0.1, 0.15) is 5.75 Å². The number of carbonyl (C=O) groups is 1. The first kappa shape index (κ1) is 18.9. The van der Waals surface area contributed by atoms with Gasteiger partial charge in [-0.2, -0.15) is 0 Å². The lowest BCUT2D eigenvalue weighted by Gasteiger charge is -2.20. The molecule has 1 heterocycles. The number of nitrogens with zero attached hydrogens (tertiary/aromatic N) is 1. The fraction of sp³-hybridized carbons (Fsp3) is 0.650. The topological polar surface area (TPSA) is 38.8 Å². The van der Waals surface area contributed by atoms with Gasteiger partial charge in [-0.15, -0.1) is 0 Å². The van der Waals surface area contributed by atoms with Crippen molar-refractivity contribution in [2.45, 2.75) is 58.7 Å². The number of carbonyl (C=O) groups excluding carboxylic acids is 1. The minimum absolute atomic E-state index is 0.0612. The van der Waals surface area contributed by atoms with Gasteiger partial charge < -0.3 is 14.4 Å². The van der Waals surface area contributed by atoms with Crippen LogP contribution < -0.4 is 4.74 Å². The number of fused-ring (bicyclic) bond motifs is 1. The molecular weight excluding hydrogens is 302 g/mol. The molecule has 0 fully saturated rings. The fourth-order valence-corrected chi connectivity index (χ4v) is 3.02. The first-order chi connectivity index (χ1) is 11.8. The highest BCUT2D eigenvalue weighted by Gasteiger charge is 2.32. The lowest BCUT2D eigenvalue weighted by Crippen LogP contribution is -2.29. The van der Waals surface area contributed by atoms with Crippen LogP contribution in [0.4, 0.5) is 0 Å². The van der Waals surface area contributed by atoms with Gasteiger partial charge in [0.2, 0.25) is 5.78 Å². The van der Waals surface area contributed by atoms with Crippen molar-refractivity contribution in [2.75, 3.05) is 26.2 Å². The number of hydrogen-bond acceptors (Lipinski definition) is 4. The molecule has 1 aromatic rings. The first-order valence-electron chi connectivity index (χ1n) is 9.40. The van der Waals surface area contributed by atoms with Crippen LogP contribution in [0.1, 0.15) is 62.7 Å². The summed E-state index contributed by atoms with van der Waals surface area (Å²) in [7, 11) is 0. The van der Waals surface area contributed by atoms with Crippen LogP contribution in [0.25, 0.3) is 0 Å². The number of unbranched alkanes of at least 4 members (excludes halogenated alkanes) is 4. The third-order valence-corrected chi connectivity index (χ3v) is 4.51. The normalized spacial score (nSPS) is 16.5. The minimum atomic E-state index is -0.758. The van der Waals surface area contributed by atoms with Gasteiger partial charge in [0.05, 0.1) is 12.2 Å². The van der Waals surface area contributed by atoms with E-state index in [1.54, 1.807) is 6.07 Å². The zero-order valence-corrected chi connectivity index (χ0v) is 15.1. The molecule has 0 saturated heterocycles. The second kappa shape index (κ2) is 10.5. The van der Waals surface area contributed by atoms with Gasteiger partial charge in [0.25, 0.3) is 6.29 Å². The number of ether oxygens (including phenoxy) is 2. The van der Waals surface area contributed by atoms with E-state index >= 15 is 0 Å². The molecule has 1 aliphatic heterocycles. The average Bonchev–Trinajstić information content (AvgIpc) is 2.93. The Labute approximate surface area is 146 Å². The van der Waals surface area contributed by atoms with Crippen LogP contribution >= 0.6 is 0 Å². The van der Waals surface area contributed by atoms with Gasteiger partial charge in [0.15, 0.2) is 0 Å². The zero-order valence-electron chi connectivity index (χ0n) is 15.1. The maximum atomic E-state index is 12.1. The van der Waals surface area contributed by atoms with E-state index < -0.39 is 6.29 Å². The Kier molecular flexibility index (Phi) is 8.26. The van der Waals surface area contributed by atoms with Gasteiger partial charge in [0, 0.05) is 6.54 Å². The highest BCUT2D eigenvalue weighted by atomic mass is 16.7. The average molecular weight is 333 g/mol. The molecule has 0 spiro atoms. The van der Waals surface area contributed by atoms with Crippen LogP contribution in [0, 0.1) is 0 Å². The summed E-state index contributed by atoms with van der Waals surface area (Å²) in [5, 5.41) is 0. The summed E-state index contributed by atoms with van der Waals surface area (Å²) in [5.41, 5.74) is 0.629. The first-order valence-corrected chi connectivity index (χ1v) is 9.40. The predicted molar refractivity (Wildman–Crippen MR) is 96.6 cm³/mol. The summed E-state index contributed by atoms with van der Waals surface area (Å²) < 4.78 is 11.2. The van der Waals surface area contributed by atoms with Crippen molar-refractivity contribution in [1.29, 1.82) is 0 Å². The lowest BCUT2D eigenvalue weighted by atomic mass is 10.1.